The van der Waals surface area contributed by atoms with Crippen molar-refractivity contribution in [1.29, 1.82) is 0 Å². The lowest BCUT2D eigenvalue weighted by Crippen LogP contribution is -2.23. The lowest BCUT2D eigenvalue weighted by Gasteiger charge is -2.15. The highest BCUT2D eigenvalue weighted by Gasteiger charge is 2.31. The van der Waals surface area contributed by atoms with Crippen LogP contribution in [-0.2, 0) is 35.9 Å². The number of ether oxygens (including phenoxy) is 1. The molecule has 0 aromatic carbocycles. The molecule has 1 aromatic rings. The van der Waals surface area contributed by atoms with Gasteiger partial charge in [-0.2, -0.15) is 4.98 Å². The molecule has 0 spiro atoms. The highest BCUT2D eigenvalue weighted by molar-refractivity contribution is 7.92. The van der Waals surface area contributed by atoms with Crippen molar-refractivity contribution in [2.75, 3.05) is 18.1 Å². The van der Waals surface area contributed by atoms with Crippen LogP contribution in [0, 0.1) is 5.92 Å². The molecule has 162 valence electrons. The van der Waals surface area contributed by atoms with Gasteiger partial charge < -0.3 is 9.84 Å². The molecule has 0 fully saturated rings. The standard InChI is InChI=1S/C15H29N3O7S2Si/c1-6-8-26(21,22)15-16-14(27(23,24)10-12(2)13(19)20)17-18(15)11-25-7-9-28(3,4)5/h12H,6-11H2,1-5H3,(H,19,20). The van der Waals surface area contributed by atoms with Gasteiger partial charge in [0, 0.05) is 14.7 Å². The summed E-state index contributed by atoms with van der Waals surface area (Å²) in [5.41, 5.74) is 0. The number of aliphatic carboxylic acids is 1. The minimum absolute atomic E-state index is 0.217. The second kappa shape index (κ2) is 9.46. The Hall–Kier alpha value is -1.31. The summed E-state index contributed by atoms with van der Waals surface area (Å²) in [4.78, 5) is 14.7. The third kappa shape index (κ3) is 7.26. The lowest BCUT2D eigenvalue weighted by molar-refractivity contribution is -0.140. The van der Waals surface area contributed by atoms with Crippen molar-refractivity contribution in [2.24, 2.45) is 5.92 Å². The van der Waals surface area contributed by atoms with Gasteiger partial charge in [0.15, 0.2) is 0 Å². The maximum Gasteiger partial charge on any atom is 0.307 e. The van der Waals surface area contributed by atoms with Crippen molar-refractivity contribution in [1.82, 2.24) is 14.8 Å². The molecule has 0 aliphatic rings. The first kappa shape index (κ1) is 24.7. The zero-order valence-corrected chi connectivity index (χ0v) is 19.5. The SMILES string of the molecule is CCCS(=O)(=O)c1nc(S(=O)(=O)CC(C)C(=O)O)nn1COCC[Si](C)(C)C. The van der Waals surface area contributed by atoms with E-state index >= 15 is 0 Å². The van der Waals surface area contributed by atoms with Crippen molar-refractivity contribution in [3.63, 3.8) is 0 Å². The van der Waals surface area contributed by atoms with E-state index in [1.807, 2.05) is 0 Å². The summed E-state index contributed by atoms with van der Waals surface area (Å²) >= 11 is 0. The van der Waals surface area contributed by atoms with Crippen molar-refractivity contribution < 1.29 is 31.5 Å². The number of aromatic nitrogens is 3. The van der Waals surface area contributed by atoms with Crippen LogP contribution in [0.4, 0.5) is 0 Å². The molecule has 1 heterocycles. The highest BCUT2D eigenvalue weighted by Crippen LogP contribution is 2.17. The van der Waals surface area contributed by atoms with Crippen LogP contribution in [-0.4, -0.2) is 68.9 Å². The first-order valence-electron chi connectivity index (χ1n) is 8.90. The van der Waals surface area contributed by atoms with E-state index in [9.17, 15) is 21.6 Å². The van der Waals surface area contributed by atoms with E-state index in [1.165, 1.54) is 6.92 Å². The molecule has 0 bridgehead atoms. The van der Waals surface area contributed by atoms with Crippen LogP contribution in [0.5, 0.6) is 0 Å². The number of hydrogen-bond donors (Lipinski definition) is 1. The number of hydrogen-bond acceptors (Lipinski definition) is 8. The monoisotopic (exact) mass is 455 g/mol. The van der Waals surface area contributed by atoms with Gasteiger partial charge in [-0.25, -0.2) is 21.5 Å². The minimum atomic E-state index is -4.17. The van der Waals surface area contributed by atoms with Gasteiger partial charge in [0.05, 0.1) is 17.4 Å². The van der Waals surface area contributed by atoms with Gasteiger partial charge in [0.25, 0.3) is 5.16 Å². The second-order valence-electron chi connectivity index (χ2n) is 7.86. The Bertz CT molecular complexity index is 889. The molecular weight excluding hydrogens is 426 g/mol. The number of carboxylic acids is 1. The van der Waals surface area contributed by atoms with Gasteiger partial charge >= 0.3 is 5.97 Å². The average Bonchev–Trinajstić information content (AvgIpc) is 2.96. The Balaban J connectivity index is 3.18. The number of carboxylic acid groups (broad SMARTS) is 1. The van der Waals surface area contributed by atoms with Crippen LogP contribution in [0.25, 0.3) is 0 Å². The number of rotatable bonds is 12. The molecule has 0 radical (unpaired) electrons. The zero-order valence-electron chi connectivity index (χ0n) is 16.9. The minimum Gasteiger partial charge on any atom is -0.481 e. The highest BCUT2D eigenvalue weighted by atomic mass is 32.2. The molecule has 0 amide bonds. The Morgan fingerprint density at radius 1 is 1.21 bits per heavy atom. The fourth-order valence-electron chi connectivity index (χ4n) is 2.12. The van der Waals surface area contributed by atoms with Crippen LogP contribution in [0.2, 0.25) is 25.7 Å². The molecule has 28 heavy (non-hydrogen) atoms. The Morgan fingerprint density at radius 3 is 2.32 bits per heavy atom. The maximum atomic E-state index is 12.5. The maximum absolute atomic E-state index is 12.5. The van der Waals surface area contributed by atoms with E-state index in [4.69, 9.17) is 9.84 Å². The summed E-state index contributed by atoms with van der Waals surface area (Å²) in [5.74, 6) is -3.40. The van der Waals surface area contributed by atoms with Crippen LogP contribution in [0.1, 0.15) is 20.3 Å². The fraction of sp³-hybridized carbons (Fsp3) is 0.800. The summed E-state index contributed by atoms with van der Waals surface area (Å²) in [6.45, 7) is 9.55. The normalized spacial score (nSPS) is 14.2. The molecule has 1 rings (SSSR count). The van der Waals surface area contributed by atoms with E-state index in [0.717, 1.165) is 10.7 Å². The quantitative estimate of drug-likeness (QED) is 0.363. The third-order valence-corrected chi connectivity index (χ3v) is 8.92. The molecule has 10 nitrogen and oxygen atoms in total. The van der Waals surface area contributed by atoms with Crippen molar-refractivity contribution >= 4 is 33.7 Å². The number of carbonyl (C=O) groups is 1. The molecule has 0 aliphatic carbocycles. The van der Waals surface area contributed by atoms with Crippen molar-refractivity contribution in [2.45, 2.75) is 63.0 Å². The van der Waals surface area contributed by atoms with E-state index < -0.39 is 55.7 Å². The van der Waals surface area contributed by atoms with Crippen LogP contribution < -0.4 is 0 Å². The van der Waals surface area contributed by atoms with Crippen LogP contribution >= 0.6 is 0 Å². The molecule has 0 saturated heterocycles. The van der Waals surface area contributed by atoms with Crippen molar-refractivity contribution in [3.8, 4) is 0 Å². The van der Waals surface area contributed by atoms with Gasteiger partial charge in [-0.1, -0.05) is 33.5 Å². The summed E-state index contributed by atoms with van der Waals surface area (Å²) in [6, 6.07) is 0.847. The molecule has 0 aliphatic heterocycles. The van der Waals surface area contributed by atoms with Gasteiger partial charge in [-0.15, -0.1) is 5.10 Å². The van der Waals surface area contributed by atoms with E-state index in [2.05, 4.69) is 29.7 Å². The Kier molecular flexibility index (Phi) is 8.35. The van der Waals surface area contributed by atoms with Crippen molar-refractivity contribution in [3.05, 3.63) is 0 Å². The fourth-order valence-corrected chi connectivity index (χ4v) is 5.69. The Morgan fingerprint density at radius 2 is 1.82 bits per heavy atom. The van der Waals surface area contributed by atoms with E-state index in [-0.39, 0.29) is 12.5 Å². The number of nitrogens with zero attached hydrogens (tertiary/aromatic N) is 3. The van der Waals surface area contributed by atoms with Gasteiger partial charge in [-0.3, -0.25) is 4.79 Å². The van der Waals surface area contributed by atoms with E-state index in [0.29, 0.717) is 13.0 Å². The molecule has 1 unspecified atom stereocenters. The molecule has 0 saturated carbocycles. The number of sulfone groups is 2. The largest absolute Gasteiger partial charge is 0.481 e. The predicted molar refractivity (Wildman–Crippen MR) is 105 cm³/mol. The Labute approximate surface area is 167 Å². The summed E-state index contributed by atoms with van der Waals surface area (Å²) in [7, 11) is -9.38. The zero-order chi connectivity index (χ0) is 21.8. The van der Waals surface area contributed by atoms with Crippen LogP contribution in [0.3, 0.4) is 0 Å². The van der Waals surface area contributed by atoms with E-state index in [1.54, 1.807) is 6.92 Å². The third-order valence-electron chi connectivity index (χ3n) is 3.75. The van der Waals surface area contributed by atoms with Gasteiger partial charge in [0.1, 0.15) is 6.73 Å². The molecule has 13 heteroatoms. The summed E-state index contributed by atoms with van der Waals surface area (Å²) < 4.78 is 56.2. The van der Waals surface area contributed by atoms with Crippen LogP contribution in [0.15, 0.2) is 10.3 Å². The molecule has 1 N–H and O–H groups in total. The molecule has 1 aromatic heterocycles. The first-order valence-corrected chi connectivity index (χ1v) is 15.9. The lowest BCUT2D eigenvalue weighted by atomic mass is 10.2. The van der Waals surface area contributed by atoms with Gasteiger partial charge in [-0.05, 0) is 12.5 Å². The smallest absolute Gasteiger partial charge is 0.307 e. The van der Waals surface area contributed by atoms with Gasteiger partial charge in [0.2, 0.25) is 24.8 Å². The molecular formula is C15H29N3O7S2Si. The first-order chi connectivity index (χ1) is 12.7. The summed E-state index contributed by atoms with van der Waals surface area (Å²) in [6.07, 6.45) is 0.323. The summed E-state index contributed by atoms with van der Waals surface area (Å²) in [5, 5.41) is 11.6. The predicted octanol–water partition coefficient (Wildman–Crippen LogP) is 1.27. The average molecular weight is 456 g/mol. The molecule has 1 atom stereocenters. The second-order valence-corrected chi connectivity index (χ2v) is 17.4. The topological polar surface area (TPSA) is 146 Å².